The lowest BCUT2D eigenvalue weighted by Gasteiger charge is -2.06. The van der Waals surface area contributed by atoms with Crippen molar-refractivity contribution in [3.63, 3.8) is 0 Å². The molecule has 0 aliphatic rings. The van der Waals surface area contributed by atoms with Gasteiger partial charge >= 0.3 is 0 Å². The fourth-order valence-electron chi connectivity index (χ4n) is 1.72. The van der Waals surface area contributed by atoms with Gasteiger partial charge in [0.1, 0.15) is 0 Å². The third-order valence-corrected chi connectivity index (χ3v) is 3.17. The van der Waals surface area contributed by atoms with Gasteiger partial charge in [-0.1, -0.05) is 17.7 Å². The average molecular weight is 246 g/mol. The van der Waals surface area contributed by atoms with Crippen LogP contribution in [-0.4, -0.2) is 9.78 Å². The highest BCUT2D eigenvalue weighted by molar-refractivity contribution is 6.31. The average Bonchev–Trinajstić information content (AvgIpc) is 2.65. The second-order valence-corrected chi connectivity index (χ2v) is 4.31. The molecule has 0 unspecified atom stereocenters. The summed E-state index contributed by atoms with van der Waals surface area (Å²) in [5, 5.41) is 13.8. The van der Waals surface area contributed by atoms with E-state index in [9.17, 15) is 0 Å². The van der Waals surface area contributed by atoms with Gasteiger partial charge in [-0.05, 0) is 31.5 Å². The summed E-state index contributed by atoms with van der Waals surface area (Å²) in [6, 6.07) is 7.85. The van der Waals surface area contributed by atoms with Crippen LogP contribution in [-0.2, 0) is 6.42 Å². The Kier molecular flexibility index (Phi) is 3.16. The monoisotopic (exact) mass is 245 g/mol. The molecule has 17 heavy (non-hydrogen) atoms. The number of hydrogen-bond acceptors (Lipinski definition) is 2. The predicted octanol–water partition coefficient (Wildman–Crippen LogP) is 3.21. The Labute approximate surface area is 105 Å². The zero-order valence-corrected chi connectivity index (χ0v) is 10.5. The second-order valence-electron chi connectivity index (χ2n) is 3.90. The van der Waals surface area contributed by atoms with E-state index >= 15 is 0 Å². The molecule has 0 saturated heterocycles. The smallest absolute Gasteiger partial charge is 0.0689 e. The van der Waals surface area contributed by atoms with E-state index in [4.69, 9.17) is 16.9 Å². The van der Waals surface area contributed by atoms with E-state index in [0.717, 1.165) is 27.5 Å². The van der Waals surface area contributed by atoms with Crippen LogP contribution in [0.3, 0.4) is 0 Å². The molecule has 0 radical (unpaired) electrons. The van der Waals surface area contributed by atoms with E-state index < -0.39 is 0 Å². The molecular weight excluding hydrogens is 234 g/mol. The first kappa shape index (κ1) is 11.7. The van der Waals surface area contributed by atoms with E-state index in [1.54, 1.807) is 4.68 Å². The third kappa shape index (κ3) is 2.17. The number of nitrogens with zero attached hydrogens (tertiary/aromatic N) is 3. The minimum atomic E-state index is 0.380. The Hall–Kier alpha value is -1.79. The normalized spacial score (nSPS) is 10.2. The van der Waals surface area contributed by atoms with Crippen LogP contribution >= 0.6 is 11.6 Å². The van der Waals surface area contributed by atoms with E-state index in [-0.39, 0.29) is 0 Å². The molecule has 0 atom stereocenters. The van der Waals surface area contributed by atoms with Crippen LogP contribution < -0.4 is 0 Å². The maximum Gasteiger partial charge on any atom is 0.0689 e. The van der Waals surface area contributed by atoms with Gasteiger partial charge in [0.05, 0.1) is 23.9 Å². The summed E-state index contributed by atoms with van der Waals surface area (Å²) in [7, 11) is 0. The summed E-state index contributed by atoms with van der Waals surface area (Å²) >= 11 is 6.08. The summed E-state index contributed by atoms with van der Waals surface area (Å²) < 4.78 is 1.78. The van der Waals surface area contributed by atoms with Crippen molar-refractivity contribution in [2.45, 2.75) is 20.3 Å². The first-order valence-corrected chi connectivity index (χ1v) is 5.69. The minimum absolute atomic E-state index is 0.380. The summed E-state index contributed by atoms with van der Waals surface area (Å²) in [4.78, 5) is 0. The van der Waals surface area contributed by atoms with Gasteiger partial charge in [0, 0.05) is 16.8 Å². The maximum atomic E-state index is 8.71. The lowest BCUT2D eigenvalue weighted by atomic mass is 10.2. The lowest BCUT2D eigenvalue weighted by Crippen LogP contribution is -1.98. The largest absolute Gasteiger partial charge is 0.240 e. The Bertz CT molecular complexity index is 593. The first-order chi connectivity index (χ1) is 8.13. The molecule has 1 aromatic heterocycles. The number of rotatable bonds is 2. The topological polar surface area (TPSA) is 41.6 Å². The van der Waals surface area contributed by atoms with E-state index in [1.807, 2.05) is 38.2 Å². The molecule has 2 rings (SSSR count). The molecule has 0 amide bonds. The fourth-order valence-corrected chi connectivity index (χ4v) is 1.89. The quantitative estimate of drug-likeness (QED) is 0.815. The molecule has 0 spiro atoms. The second kappa shape index (κ2) is 4.60. The fraction of sp³-hybridized carbons (Fsp3) is 0.231. The van der Waals surface area contributed by atoms with E-state index in [0.29, 0.717) is 6.42 Å². The van der Waals surface area contributed by atoms with Gasteiger partial charge in [-0.25, -0.2) is 4.68 Å². The van der Waals surface area contributed by atoms with Gasteiger partial charge in [0.25, 0.3) is 0 Å². The standard InChI is InChI=1S/C13H12ClN3/c1-9-12(14)4-3-5-13(9)17-8-11(6-7-15)10(2)16-17/h3-5,8H,6H2,1-2H3. The van der Waals surface area contributed by atoms with Gasteiger partial charge in [-0.15, -0.1) is 0 Å². The number of benzene rings is 1. The Balaban J connectivity index is 2.51. The molecule has 0 aliphatic heterocycles. The highest BCUT2D eigenvalue weighted by atomic mass is 35.5. The number of nitriles is 1. The van der Waals surface area contributed by atoms with Crippen molar-refractivity contribution in [3.05, 3.63) is 46.2 Å². The van der Waals surface area contributed by atoms with Crippen LogP contribution in [0.1, 0.15) is 16.8 Å². The van der Waals surface area contributed by atoms with Gasteiger partial charge in [-0.2, -0.15) is 10.4 Å². The van der Waals surface area contributed by atoms with Crippen LogP contribution in [0.4, 0.5) is 0 Å². The summed E-state index contributed by atoms with van der Waals surface area (Å²) in [5.41, 5.74) is 3.77. The van der Waals surface area contributed by atoms with Gasteiger partial charge in [-0.3, -0.25) is 0 Å². The van der Waals surface area contributed by atoms with Crippen LogP contribution in [0.5, 0.6) is 0 Å². The van der Waals surface area contributed by atoms with Crippen LogP contribution in [0.2, 0.25) is 5.02 Å². The first-order valence-electron chi connectivity index (χ1n) is 5.31. The molecular formula is C13H12ClN3. The number of hydrogen-bond donors (Lipinski definition) is 0. The molecule has 2 aromatic rings. The minimum Gasteiger partial charge on any atom is -0.240 e. The maximum absolute atomic E-state index is 8.71. The Morgan fingerprint density at radius 3 is 2.88 bits per heavy atom. The van der Waals surface area contributed by atoms with E-state index in [1.165, 1.54) is 0 Å². The van der Waals surface area contributed by atoms with Crippen molar-refractivity contribution in [1.82, 2.24) is 9.78 Å². The van der Waals surface area contributed by atoms with Crippen molar-refractivity contribution < 1.29 is 0 Å². The molecule has 0 bridgehead atoms. The van der Waals surface area contributed by atoms with Crippen molar-refractivity contribution >= 4 is 11.6 Å². The van der Waals surface area contributed by atoms with Gasteiger partial charge in [0.15, 0.2) is 0 Å². The Morgan fingerprint density at radius 2 is 2.18 bits per heavy atom. The SMILES string of the molecule is Cc1nn(-c2cccc(Cl)c2C)cc1CC#N. The molecule has 0 N–H and O–H groups in total. The molecule has 4 heteroatoms. The highest BCUT2D eigenvalue weighted by Gasteiger charge is 2.09. The summed E-state index contributed by atoms with van der Waals surface area (Å²) in [6.07, 6.45) is 2.27. The van der Waals surface area contributed by atoms with Crippen LogP contribution in [0.25, 0.3) is 5.69 Å². The zero-order valence-electron chi connectivity index (χ0n) is 9.74. The molecule has 0 fully saturated rings. The highest BCUT2D eigenvalue weighted by Crippen LogP contribution is 2.22. The molecule has 86 valence electrons. The predicted molar refractivity (Wildman–Crippen MR) is 67.4 cm³/mol. The van der Waals surface area contributed by atoms with Crippen molar-refractivity contribution in [2.24, 2.45) is 0 Å². The zero-order chi connectivity index (χ0) is 12.4. The van der Waals surface area contributed by atoms with Crippen LogP contribution in [0.15, 0.2) is 24.4 Å². The summed E-state index contributed by atoms with van der Waals surface area (Å²) in [6.45, 7) is 3.86. The number of aryl methyl sites for hydroxylation is 1. The van der Waals surface area contributed by atoms with E-state index in [2.05, 4.69) is 11.2 Å². The molecule has 1 aromatic carbocycles. The summed E-state index contributed by atoms with van der Waals surface area (Å²) in [5.74, 6) is 0. The van der Waals surface area contributed by atoms with Gasteiger partial charge in [0.2, 0.25) is 0 Å². The lowest BCUT2D eigenvalue weighted by molar-refractivity contribution is 0.856. The third-order valence-electron chi connectivity index (χ3n) is 2.76. The molecule has 0 saturated carbocycles. The molecule has 0 aliphatic carbocycles. The molecule has 3 nitrogen and oxygen atoms in total. The van der Waals surface area contributed by atoms with Crippen molar-refractivity contribution in [3.8, 4) is 11.8 Å². The molecule has 1 heterocycles. The van der Waals surface area contributed by atoms with Crippen molar-refractivity contribution in [2.75, 3.05) is 0 Å². The van der Waals surface area contributed by atoms with Crippen LogP contribution in [0, 0.1) is 25.2 Å². The van der Waals surface area contributed by atoms with Crippen molar-refractivity contribution in [1.29, 1.82) is 5.26 Å². The number of aromatic nitrogens is 2. The van der Waals surface area contributed by atoms with Gasteiger partial charge < -0.3 is 0 Å². The Morgan fingerprint density at radius 1 is 1.41 bits per heavy atom. The number of halogens is 1.